The minimum absolute atomic E-state index is 0.0884. The van der Waals surface area contributed by atoms with Gasteiger partial charge in [-0.25, -0.2) is 19.6 Å². The molecule has 1 aliphatic rings. The normalized spacial score (nSPS) is 18.3. The highest BCUT2D eigenvalue weighted by Gasteiger charge is 2.32. The summed E-state index contributed by atoms with van der Waals surface area (Å²) in [5.41, 5.74) is 10.0. The molecule has 5 aromatic rings. The van der Waals surface area contributed by atoms with Crippen LogP contribution in [0.25, 0.3) is 33.3 Å². The molecule has 0 spiro atoms. The number of benzene rings is 2. The van der Waals surface area contributed by atoms with Crippen LogP contribution in [0.4, 0.5) is 19.0 Å². The molecule has 0 radical (unpaired) electrons. The van der Waals surface area contributed by atoms with Crippen molar-refractivity contribution in [2.45, 2.75) is 50.6 Å². The highest BCUT2D eigenvalue weighted by molar-refractivity contribution is 5.99. The number of aromatic nitrogens is 6. The molecule has 1 fully saturated rings. The Morgan fingerprint density at radius 2 is 1.87 bits per heavy atom. The van der Waals surface area contributed by atoms with E-state index in [0.29, 0.717) is 57.8 Å². The number of halogens is 3. The van der Waals surface area contributed by atoms with Crippen LogP contribution in [0.3, 0.4) is 0 Å². The standard InChI is InChI=1S/C26H24F3N7O2/c27-26(28,29)38-20-4-2-1-3-14(20)12-21-33-18-10-5-15(11-19(18)34-21)23-22-24(30)31-13-32-25(22)36(35-23)16-6-8-17(37)9-7-16/h1-5,10-11,13,16-17,37H,6-9,12H2,(H,33,34)(H2,30,31,32). The minimum atomic E-state index is -4.78. The Balaban J connectivity index is 1.36. The van der Waals surface area contributed by atoms with Crippen LogP contribution >= 0.6 is 0 Å². The van der Waals surface area contributed by atoms with E-state index in [9.17, 15) is 18.3 Å². The van der Waals surface area contributed by atoms with E-state index in [4.69, 9.17) is 10.8 Å². The number of imidazole rings is 1. The summed E-state index contributed by atoms with van der Waals surface area (Å²) in [5.74, 6) is 0.553. The van der Waals surface area contributed by atoms with Gasteiger partial charge in [0.15, 0.2) is 5.65 Å². The van der Waals surface area contributed by atoms with Gasteiger partial charge in [0.1, 0.15) is 29.4 Å². The number of aliphatic hydroxyl groups is 1. The van der Waals surface area contributed by atoms with Gasteiger partial charge in [0.2, 0.25) is 0 Å². The van der Waals surface area contributed by atoms with Gasteiger partial charge in [-0.3, -0.25) is 0 Å². The predicted molar refractivity (Wildman–Crippen MR) is 134 cm³/mol. The number of nitrogens with zero attached hydrogens (tertiary/aromatic N) is 5. The van der Waals surface area contributed by atoms with Gasteiger partial charge in [-0.15, -0.1) is 13.2 Å². The van der Waals surface area contributed by atoms with Crippen LogP contribution in [0.1, 0.15) is 43.1 Å². The van der Waals surface area contributed by atoms with Gasteiger partial charge in [-0.05, 0) is 43.9 Å². The number of fused-ring (bicyclic) bond motifs is 2. The minimum Gasteiger partial charge on any atom is -0.405 e. The van der Waals surface area contributed by atoms with E-state index in [2.05, 4.69) is 24.7 Å². The maximum absolute atomic E-state index is 12.8. The number of nitrogens with one attached hydrogen (secondary N) is 1. The fourth-order valence-corrected chi connectivity index (χ4v) is 5.10. The Kier molecular flexibility index (Phi) is 5.90. The number of anilines is 1. The molecule has 1 aliphatic carbocycles. The number of para-hydroxylation sites is 1. The van der Waals surface area contributed by atoms with Gasteiger partial charge in [0.25, 0.3) is 0 Å². The molecule has 0 amide bonds. The van der Waals surface area contributed by atoms with Crippen molar-refractivity contribution in [3.63, 3.8) is 0 Å². The zero-order chi connectivity index (χ0) is 26.4. The first kappa shape index (κ1) is 24.2. The maximum Gasteiger partial charge on any atom is 0.573 e. The van der Waals surface area contributed by atoms with Crippen LogP contribution < -0.4 is 10.5 Å². The van der Waals surface area contributed by atoms with Crippen LogP contribution in [0.15, 0.2) is 48.8 Å². The van der Waals surface area contributed by atoms with E-state index in [1.54, 1.807) is 12.1 Å². The van der Waals surface area contributed by atoms with Crippen molar-refractivity contribution in [2.75, 3.05) is 5.73 Å². The largest absolute Gasteiger partial charge is 0.573 e. The summed E-state index contributed by atoms with van der Waals surface area (Å²) in [7, 11) is 0. The van der Waals surface area contributed by atoms with Crippen molar-refractivity contribution in [3.05, 3.63) is 60.2 Å². The highest BCUT2D eigenvalue weighted by Crippen LogP contribution is 2.36. The fourth-order valence-electron chi connectivity index (χ4n) is 5.10. The molecule has 38 heavy (non-hydrogen) atoms. The first-order valence-electron chi connectivity index (χ1n) is 12.2. The molecule has 2 aromatic carbocycles. The first-order chi connectivity index (χ1) is 18.2. The Morgan fingerprint density at radius 3 is 2.66 bits per heavy atom. The third-order valence-corrected chi connectivity index (χ3v) is 6.89. The molecule has 196 valence electrons. The SMILES string of the molecule is Nc1ncnc2c1c(-c1ccc3nc(Cc4ccccc4OC(F)(F)F)[nH]c3c1)nn2C1CCC(O)CC1. The molecule has 3 heterocycles. The molecule has 6 rings (SSSR count). The van der Waals surface area contributed by atoms with Crippen LogP contribution in [-0.4, -0.2) is 47.3 Å². The van der Waals surface area contributed by atoms with E-state index in [-0.39, 0.29) is 24.3 Å². The summed E-state index contributed by atoms with van der Waals surface area (Å²) in [6.07, 6.45) is -0.577. The second-order valence-corrected chi connectivity index (χ2v) is 9.46. The van der Waals surface area contributed by atoms with Gasteiger partial charge >= 0.3 is 6.36 Å². The second kappa shape index (κ2) is 9.28. The molecule has 3 aromatic heterocycles. The zero-order valence-corrected chi connectivity index (χ0v) is 20.1. The molecular formula is C26H24F3N7O2. The molecule has 0 atom stereocenters. The van der Waals surface area contributed by atoms with Crippen molar-refractivity contribution in [2.24, 2.45) is 0 Å². The summed E-state index contributed by atoms with van der Waals surface area (Å²) in [4.78, 5) is 16.4. The molecule has 0 saturated heterocycles. The highest BCUT2D eigenvalue weighted by atomic mass is 19.4. The van der Waals surface area contributed by atoms with Crippen LogP contribution in [-0.2, 0) is 6.42 Å². The third-order valence-electron chi connectivity index (χ3n) is 6.89. The molecule has 1 saturated carbocycles. The topological polar surface area (TPSA) is 128 Å². The van der Waals surface area contributed by atoms with Crippen LogP contribution in [0.2, 0.25) is 0 Å². The number of aromatic amines is 1. The Labute approximate surface area is 214 Å². The van der Waals surface area contributed by atoms with Gasteiger partial charge in [0, 0.05) is 17.5 Å². The first-order valence-corrected chi connectivity index (χ1v) is 12.2. The number of rotatable bonds is 5. The third kappa shape index (κ3) is 4.62. The average molecular weight is 524 g/mol. The number of hydrogen-bond donors (Lipinski definition) is 3. The fraction of sp³-hybridized carbons (Fsp3) is 0.308. The van der Waals surface area contributed by atoms with Crippen molar-refractivity contribution in [3.8, 4) is 17.0 Å². The summed E-state index contributed by atoms with van der Waals surface area (Å²) < 4.78 is 44.5. The number of alkyl halides is 3. The quantitative estimate of drug-likeness (QED) is 0.298. The van der Waals surface area contributed by atoms with E-state index >= 15 is 0 Å². The van der Waals surface area contributed by atoms with Crippen LogP contribution in [0.5, 0.6) is 5.75 Å². The molecule has 0 unspecified atom stereocenters. The van der Waals surface area contributed by atoms with Crippen molar-refractivity contribution in [1.29, 1.82) is 0 Å². The molecule has 9 nitrogen and oxygen atoms in total. The van der Waals surface area contributed by atoms with Crippen molar-refractivity contribution >= 4 is 27.9 Å². The summed E-state index contributed by atoms with van der Waals surface area (Å²) in [6.45, 7) is 0. The summed E-state index contributed by atoms with van der Waals surface area (Å²) in [5, 5.41) is 15.5. The van der Waals surface area contributed by atoms with E-state index < -0.39 is 6.36 Å². The number of hydrogen-bond acceptors (Lipinski definition) is 7. The van der Waals surface area contributed by atoms with E-state index in [1.807, 2.05) is 22.9 Å². The molecule has 0 bridgehead atoms. The number of H-pyrrole nitrogens is 1. The van der Waals surface area contributed by atoms with Crippen LogP contribution in [0, 0.1) is 0 Å². The lowest BCUT2D eigenvalue weighted by atomic mass is 9.93. The average Bonchev–Trinajstić information content (AvgIpc) is 3.46. The summed E-state index contributed by atoms with van der Waals surface area (Å²) in [6, 6.07) is 11.7. The lowest BCUT2D eigenvalue weighted by Crippen LogP contribution is -2.22. The lowest BCUT2D eigenvalue weighted by molar-refractivity contribution is -0.274. The number of nitrogens with two attached hydrogens (primary N) is 1. The molecule has 0 aliphatic heterocycles. The van der Waals surface area contributed by atoms with Crippen molar-refractivity contribution in [1.82, 2.24) is 29.7 Å². The van der Waals surface area contributed by atoms with E-state index in [1.165, 1.54) is 18.5 Å². The Bertz CT molecular complexity index is 1620. The van der Waals surface area contributed by atoms with Gasteiger partial charge in [-0.1, -0.05) is 24.3 Å². The van der Waals surface area contributed by atoms with Gasteiger partial charge < -0.3 is 20.6 Å². The van der Waals surface area contributed by atoms with Gasteiger partial charge in [-0.2, -0.15) is 5.10 Å². The monoisotopic (exact) mass is 523 g/mol. The molecule has 12 heteroatoms. The second-order valence-electron chi connectivity index (χ2n) is 9.46. The smallest absolute Gasteiger partial charge is 0.405 e. The number of aliphatic hydroxyl groups excluding tert-OH is 1. The van der Waals surface area contributed by atoms with E-state index in [0.717, 1.165) is 18.4 Å². The number of nitrogen functional groups attached to an aromatic ring is 1. The Morgan fingerprint density at radius 1 is 1.08 bits per heavy atom. The molecule has 4 N–H and O–H groups in total. The predicted octanol–water partition coefficient (Wildman–Crippen LogP) is 4.92. The zero-order valence-electron chi connectivity index (χ0n) is 20.1. The maximum atomic E-state index is 12.8. The molecular weight excluding hydrogens is 499 g/mol. The summed E-state index contributed by atoms with van der Waals surface area (Å²) >= 11 is 0. The Hall–Kier alpha value is -4.19. The number of ether oxygens (including phenoxy) is 1. The lowest BCUT2D eigenvalue weighted by Gasteiger charge is -2.25. The van der Waals surface area contributed by atoms with Crippen molar-refractivity contribution < 1.29 is 23.0 Å². The van der Waals surface area contributed by atoms with Gasteiger partial charge in [0.05, 0.1) is 28.6 Å².